The predicted molar refractivity (Wildman–Crippen MR) is 118 cm³/mol. The summed E-state index contributed by atoms with van der Waals surface area (Å²) in [6.07, 6.45) is 5.32. The van der Waals surface area contributed by atoms with Gasteiger partial charge in [-0.2, -0.15) is 0 Å². The number of carbonyl (C=O) groups is 2. The van der Waals surface area contributed by atoms with Gasteiger partial charge in [0.05, 0.1) is 21.2 Å². The molecule has 9 heteroatoms. The van der Waals surface area contributed by atoms with Crippen LogP contribution in [0.3, 0.4) is 0 Å². The fourth-order valence-electron chi connectivity index (χ4n) is 3.76. The normalized spacial score (nSPS) is 13.6. The summed E-state index contributed by atoms with van der Waals surface area (Å²) in [7, 11) is -3.46. The first-order chi connectivity index (χ1) is 14.7. The van der Waals surface area contributed by atoms with Gasteiger partial charge >= 0.3 is 5.97 Å². The molecule has 0 atom stereocenters. The first-order valence-corrected chi connectivity index (χ1v) is 12.1. The third kappa shape index (κ3) is 4.60. The molecule has 0 bridgehead atoms. The molecule has 0 saturated carbocycles. The summed E-state index contributed by atoms with van der Waals surface area (Å²) in [6, 6.07) is 9.30. The van der Waals surface area contributed by atoms with E-state index in [4.69, 9.17) is 16.3 Å². The highest BCUT2D eigenvalue weighted by molar-refractivity contribution is 7.90. The van der Waals surface area contributed by atoms with E-state index in [9.17, 15) is 18.0 Å². The number of sulfone groups is 1. The number of rotatable bonds is 5. The Kier molecular flexibility index (Phi) is 5.77. The van der Waals surface area contributed by atoms with E-state index in [-0.39, 0.29) is 15.6 Å². The lowest BCUT2D eigenvalue weighted by Gasteiger charge is -2.11. The quantitative estimate of drug-likeness (QED) is 0.562. The number of nitrogens with one attached hydrogen (secondary N) is 2. The number of esters is 1. The Morgan fingerprint density at radius 2 is 1.90 bits per heavy atom. The van der Waals surface area contributed by atoms with Crippen molar-refractivity contribution in [3.63, 3.8) is 0 Å². The molecule has 4 rings (SSSR count). The molecule has 3 aromatic rings. The predicted octanol–water partition coefficient (Wildman–Crippen LogP) is 3.90. The molecule has 7 nitrogen and oxygen atoms in total. The van der Waals surface area contributed by atoms with E-state index < -0.39 is 28.3 Å². The molecule has 0 spiro atoms. The summed E-state index contributed by atoms with van der Waals surface area (Å²) in [6.45, 7) is -0.526. The molecule has 2 N–H and O–H groups in total. The molecule has 162 valence electrons. The van der Waals surface area contributed by atoms with Crippen molar-refractivity contribution in [2.24, 2.45) is 0 Å². The first kappa shape index (κ1) is 21.4. The lowest BCUT2D eigenvalue weighted by molar-refractivity contribution is -0.119. The molecule has 0 radical (unpaired) electrons. The molecule has 1 aliphatic carbocycles. The van der Waals surface area contributed by atoms with Gasteiger partial charge in [-0.3, -0.25) is 4.79 Å². The number of hydrogen-bond acceptors (Lipinski definition) is 5. The van der Waals surface area contributed by atoms with Crippen LogP contribution in [0.5, 0.6) is 0 Å². The summed E-state index contributed by atoms with van der Waals surface area (Å²) in [5, 5.41) is 3.67. The highest BCUT2D eigenvalue weighted by Crippen LogP contribution is 2.30. The fourth-order valence-corrected chi connectivity index (χ4v) is 4.58. The average Bonchev–Trinajstić information content (AvgIpc) is 3.10. The van der Waals surface area contributed by atoms with Crippen LogP contribution in [0.25, 0.3) is 10.9 Å². The Labute approximate surface area is 184 Å². The van der Waals surface area contributed by atoms with Crippen molar-refractivity contribution in [1.82, 2.24) is 4.98 Å². The van der Waals surface area contributed by atoms with Crippen molar-refractivity contribution >= 4 is 49.9 Å². The van der Waals surface area contributed by atoms with Crippen molar-refractivity contribution in [2.45, 2.75) is 30.6 Å². The van der Waals surface area contributed by atoms with Crippen molar-refractivity contribution in [3.8, 4) is 0 Å². The maximum atomic E-state index is 12.5. The van der Waals surface area contributed by atoms with Crippen LogP contribution < -0.4 is 5.32 Å². The van der Waals surface area contributed by atoms with Crippen LogP contribution >= 0.6 is 11.6 Å². The Morgan fingerprint density at radius 1 is 1.13 bits per heavy atom. The number of benzene rings is 2. The smallest absolute Gasteiger partial charge is 0.338 e. The zero-order valence-electron chi connectivity index (χ0n) is 16.8. The van der Waals surface area contributed by atoms with Crippen LogP contribution in [0.2, 0.25) is 5.02 Å². The molecule has 1 heterocycles. The highest BCUT2D eigenvalue weighted by atomic mass is 35.5. The topological polar surface area (TPSA) is 105 Å². The number of amides is 1. The highest BCUT2D eigenvalue weighted by Gasteiger charge is 2.18. The molecule has 0 unspecified atom stereocenters. The zero-order chi connectivity index (χ0) is 22.2. The van der Waals surface area contributed by atoms with Gasteiger partial charge in [-0.15, -0.1) is 0 Å². The molecule has 0 saturated heterocycles. The Morgan fingerprint density at radius 3 is 2.68 bits per heavy atom. The Bertz CT molecular complexity index is 1300. The molecule has 31 heavy (non-hydrogen) atoms. The molecule has 0 fully saturated rings. The third-order valence-corrected chi connectivity index (χ3v) is 6.75. The van der Waals surface area contributed by atoms with E-state index in [2.05, 4.69) is 10.3 Å². The first-order valence-electron chi connectivity index (χ1n) is 9.82. The van der Waals surface area contributed by atoms with Crippen molar-refractivity contribution in [1.29, 1.82) is 0 Å². The number of carbonyl (C=O) groups excluding carboxylic acids is 2. The number of aromatic amines is 1. The molecule has 2 aromatic carbocycles. The number of H-pyrrole nitrogens is 1. The standard InChI is InChI=1S/C22H21ClN2O5S/c1-31(28,29)14-7-8-17(23)20(11-14)25-21(26)12-30-22(27)13-6-9-19-16(10-13)15-4-2-3-5-18(15)24-19/h6-11,24H,2-5,12H2,1H3,(H,25,26). The van der Waals surface area contributed by atoms with Crippen molar-refractivity contribution in [2.75, 3.05) is 18.2 Å². The van der Waals surface area contributed by atoms with E-state index in [0.29, 0.717) is 5.56 Å². The second-order valence-corrected chi connectivity index (χ2v) is 10.0. The van der Waals surface area contributed by atoms with Crippen molar-refractivity contribution in [3.05, 3.63) is 58.2 Å². The molecule has 0 aliphatic heterocycles. The van der Waals surface area contributed by atoms with E-state index in [1.807, 2.05) is 6.07 Å². The summed E-state index contributed by atoms with van der Waals surface area (Å²) in [5.74, 6) is -1.24. The maximum Gasteiger partial charge on any atom is 0.338 e. The number of hydrogen-bond donors (Lipinski definition) is 2. The van der Waals surface area contributed by atoms with Crippen LogP contribution in [0.1, 0.15) is 34.5 Å². The Balaban J connectivity index is 1.44. The monoisotopic (exact) mass is 460 g/mol. The molecule has 1 aliphatic rings. The van der Waals surface area contributed by atoms with E-state index in [1.54, 1.807) is 12.1 Å². The number of aryl methyl sites for hydroxylation is 2. The van der Waals surface area contributed by atoms with E-state index in [1.165, 1.54) is 29.5 Å². The largest absolute Gasteiger partial charge is 0.452 e. The van der Waals surface area contributed by atoms with Gasteiger partial charge in [0.1, 0.15) is 0 Å². The van der Waals surface area contributed by atoms with Crippen LogP contribution in [0.4, 0.5) is 5.69 Å². The van der Waals surface area contributed by atoms with Gasteiger partial charge in [-0.1, -0.05) is 11.6 Å². The SMILES string of the molecule is CS(=O)(=O)c1ccc(Cl)c(NC(=O)COC(=O)c2ccc3[nH]c4c(c3c2)CCCC4)c1. The summed E-state index contributed by atoms with van der Waals surface area (Å²) in [5.41, 5.74) is 3.95. The van der Waals surface area contributed by atoms with Crippen LogP contribution in [0.15, 0.2) is 41.3 Å². The summed E-state index contributed by atoms with van der Waals surface area (Å²) in [4.78, 5) is 28.1. The molecule has 1 amide bonds. The number of anilines is 1. The van der Waals surface area contributed by atoms with Crippen LogP contribution in [0, 0.1) is 0 Å². The van der Waals surface area contributed by atoms with E-state index >= 15 is 0 Å². The molecule has 1 aromatic heterocycles. The second kappa shape index (κ2) is 8.36. The minimum atomic E-state index is -3.46. The lowest BCUT2D eigenvalue weighted by Crippen LogP contribution is -2.21. The maximum absolute atomic E-state index is 12.5. The second-order valence-electron chi connectivity index (χ2n) is 7.59. The average molecular weight is 461 g/mol. The van der Waals surface area contributed by atoms with Crippen LogP contribution in [-0.2, 0) is 32.2 Å². The van der Waals surface area contributed by atoms with Gasteiger partial charge in [0.15, 0.2) is 16.4 Å². The third-order valence-electron chi connectivity index (χ3n) is 5.31. The minimum absolute atomic E-state index is 0.0207. The number of aromatic nitrogens is 1. The van der Waals surface area contributed by atoms with Crippen LogP contribution in [-0.4, -0.2) is 38.1 Å². The molecular formula is C22H21ClN2O5S. The number of fused-ring (bicyclic) bond motifs is 3. The van der Waals surface area contributed by atoms with Gasteiger partial charge in [0.25, 0.3) is 5.91 Å². The lowest BCUT2D eigenvalue weighted by atomic mass is 9.95. The Hall–Kier alpha value is -2.84. The number of halogens is 1. The van der Waals surface area contributed by atoms with Gasteiger partial charge < -0.3 is 15.0 Å². The fraction of sp³-hybridized carbons (Fsp3) is 0.273. The van der Waals surface area contributed by atoms with Gasteiger partial charge in [-0.05, 0) is 67.6 Å². The minimum Gasteiger partial charge on any atom is -0.452 e. The van der Waals surface area contributed by atoms with Gasteiger partial charge in [0, 0.05) is 22.9 Å². The summed E-state index contributed by atoms with van der Waals surface area (Å²) >= 11 is 6.03. The van der Waals surface area contributed by atoms with Crippen molar-refractivity contribution < 1.29 is 22.7 Å². The summed E-state index contributed by atoms with van der Waals surface area (Å²) < 4.78 is 28.5. The van der Waals surface area contributed by atoms with E-state index in [0.717, 1.165) is 42.8 Å². The number of ether oxygens (including phenoxy) is 1. The molecular weight excluding hydrogens is 440 g/mol. The van der Waals surface area contributed by atoms with Gasteiger partial charge in [-0.25, -0.2) is 13.2 Å². The zero-order valence-corrected chi connectivity index (χ0v) is 18.4. The van der Waals surface area contributed by atoms with Gasteiger partial charge in [0.2, 0.25) is 0 Å².